The highest BCUT2D eigenvalue weighted by Crippen LogP contribution is 2.24. The summed E-state index contributed by atoms with van der Waals surface area (Å²) in [5, 5.41) is 2.77. The van der Waals surface area contributed by atoms with Gasteiger partial charge in [-0.05, 0) is 35.0 Å². The van der Waals surface area contributed by atoms with Crippen molar-refractivity contribution in [1.82, 2.24) is 10.3 Å². The number of carbonyl (C=O) groups is 2. The lowest BCUT2D eigenvalue weighted by molar-refractivity contribution is -0.124. The van der Waals surface area contributed by atoms with Gasteiger partial charge in [-0.3, -0.25) is 4.79 Å². The molecule has 23 heavy (non-hydrogen) atoms. The molecule has 0 bridgehead atoms. The van der Waals surface area contributed by atoms with Crippen LogP contribution in [0.15, 0.2) is 41.0 Å². The second-order valence-corrected chi connectivity index (χ2v) is 5.75. The number of esters is 1. The molecule has 0 saturated heterocycles. The van der Waals surface area contributed by atoms with Gasteiger partial charge in [0, 0.05) is 16.2 Å². The molecule has 0 aliphatic rings. The number of nitrogens with one attached hydrogen (secondary N) is 2. The van der Waals surface area contributed by atoms with Gasteiger partial charge in [0.05, 0.1) is 13.2 Å². The van der Waals surface area contributed by atoms with Crippen molar-refractivity contribution in [3.8, 4) is 5.75 Å². The van der Waals surface area contributed by atoms with Gasteiger partial charge in [-0.25, -0.2) is 4.79 Å². The highest BCUT2D eigenvalue weighted by Gasteiger charge is 2.16. The van der Waals surface area contributed by atoms with Crippen LogP contribution < -0.4 is 10.1 Å². The van der Waals surface area contributed by atoms with Crippen LogP contribution in [0.4, 0.5) is 0 Å². The number of para-hydroxylation sites is 1. The first-order valence-corrected chi connectivity index (χ1v) is 7.74. The molecule has 7 heteroatoms. The minimum Gasteiger partial charge on any atom is -0.496 e. The van der Waals surface area contributed by atoms with E-state index < -0.39 is 5.97 Å². The normalized spacial score (nSPS) is 11.6. The Morgan fingerprint density at radius 1 is 1.35 bits per heavy atom. The Kier molecular flexibility index (Phi) is 5.81. The Morgan fingerprint density at radius 3 is 2.74 bits per heavy atom. The summed E-state index contributed by atoms with van der Waals surface area (Å²) in [5.41, 5.74) is 1.13. The van der Waals surface area contributed by atoms with Crippen molar-refractivity contribution in [2.45, 2.75) is 13.0 Å². The molecular weight excluding hydrogens is 364 g/mol. The number of hydrogen-bond acceptors (Lipinski definition) is 4. The van der Waals surface area contributed by atoms with E-state index in [9.17, 15) is 9.59 Å². The first-order valence-electron chi connectivity index (χ1n) is 6.94. The molecule has 2 rings (SSSR count). The number of benzene rings is 1. The maximum Gasteiger partial charge on any atom is 0.355 e. The topological polar surface area (TPSA) is 80.4 Å². The Morgan fingerprint density at radius 2 is 2.09 bits per heavy atom. The number of hydrogen-bond donors (Lipinski definition) is 2. The minimum absolute atomic E-state index is 0.267. The molecule has 122 valence electrons. The molecule has 0 aliphatic heterocycles. The fraction of sp³-hybridized carbons (Fsp3) is 0.250. The number of halogens is 1. The molecule has 0 spiro atoms. The molecule has 1 aromatic heterocycles. The second kappa shape index (κ2) is 7.82. The zero-order valence-electron chi connectivity index (χ0n) is 12.8. The lowest BCUT2D eigenvalue weighted by atomic mass is 10.1. The Bertz CT molecular complexity index is 699. The molecule has 0 radical (unpaired) electrons. The molecule has 1 unspecified atom stereocenters. The number of methoxy groups -OCH3 is 1. The zero-order valence-corrected chi connectivity index (χ0v) is 14.3. The van der Waals surface area contributed by atoms with Gasteiger partial charge in [-0.15, -0.1) is 0 Å². The van der Waals surface area contributed by atoms with E-state index in [-0.39, 0.29) is 24.2 Å². The molecule has 0 saturated carbocycles. The SMILES string of the molecule is COc1ccccc1C(C)NC(=O)COC(=O)c1cc(Br)c[nH]1. The number of amides is 1. The smallest absolute Gasteiger partial charge is 0.355 e. The van der Waals surface area contributed by atoms with Crippen molar-refractivity contribution in [2.24, 2.45) is 0 Å². The number of aromatic nitrogens is 1. The van der Waals surface area contributed by atoms with Crippen molar-refractivity contribution >= 4 is 27.8 Å². The van der Waals surface area contributed by atoms with Crippen LogP contribution in [0.1, 0.15) is 29.0 Å². The van der Waals surface area contributed by atoms with Gasteiger partial charge in [0.25, 0.3) is 5.91 Å². The molecule has 2 aromatic rings. The lowest BCUT2D eigenvalue weighted by Gasteiger charge is -2.17. The van der Waals surface area contributed by atoms with Gasteiger partial charge < -0.3 is 19.8 Å². The van der Waals surface area contributed by atoms with Crippen molar-refractivity contribution < 1.29 is 19.1 Å². The van der Waals surface area contributed by atoms with Crippen LogP contribution in [0.5, 0.6) is 5.75 Å². The molecule has 0 aliphatic carbocycles. The third-order valence-corrected chi connectivity index (χ3v) is 3.64. The van der Waals surface area contributed by atoms with Crippen LogP contribution >= 0.6 is 15.9 Å². The van der Waals surface area contributed by atoms with Gasteiger partial charge in [-0.2, -0.15) is 0 Å². The van der Waals surface area contributed by atoms with Crippen LogP contribution in [0.3, 0.4) is 0 Å². The predicted octanol–water partition coefficient (Wildman–Crippen LogP) is 2.82. The molecule has 6 nitrogen and oxygen atoms in total. The molecule has 1 aromatic carbocycles. The molecule has 1 atom stereocenters. The van der Waals surface area contributed by atoms with Crippen molar-refractivity contribution in [3.05, 3.63) is 52.3 Å². The van der Waals surface area contributed by atoms with E-state index in [1.165, 1.54) is 0 Å². The maximum atomic E-state index is 11.9. The van der Waals surface area contributed by atoms with Crippen LogP contribution in [-0.4, -0.2) is 30.6 Å². The summed E-state index contributed by atoms with van der Waals surface area (Å²) in [5.74, 6) is -0.285. The molecule has 1 amide bonds. The fourth-order valence-corrected chi connectivity index (χ4v) is 2.42. The largest absolute Gasteiger partial charge is 0.496 e. The quantitative estimate of drug-likeness (QED) is 0.755. The number of ether oxygens (including phenoxy) is 2. The van der Waals surface area contributed by atoms with Gasteiger partial charge in [-0.1, -0.05) is 18.2 Å². The number of carbonyl (C=O) groups excluding carboxylic acids is 2. The summed E-state index contributed by atoms with van der Waals surface area (Å²) >= 11 is 3.22. The summed E-state index contributed by atoms with van der Waals surface area (Å²) in [6.07, 6.45) is 1.61. The van der Waals surface area contributed by atoms with Crippen molar-refractivity contribution in [2.75, 3.05) is 13.7 Å². The van der Waals surface area contributed by atoms with Gasteiger partial charge in [0.1, 0.15) is 11.4 Å². The molecule has 1 heterocycles. The fourth-order valence-electron chi connectivity index (χ4n) is 2.08. The minimum atomic E-state index is -0.587. The summed E-state index contributed by atoms with van der Waals surface area (Å²) in [6, 6.07) is 8.72. The summed E-state index contributed by atoms with van der Waals surface area (Å²) < 4.78 is 11.0. The molecule has 2 N–H and O–H groups in total. The predicted molar refractivity (Wildman–Crippen MR) is 88.3 cm³/mol. The van der Waals surface area contributed by atoms with Crippen LogP contribution in [0, 0.1) is 0 Å². The summed E-state index contributed by atoms with van der Waals surface area (Å²) in [6.45, 7) is 1.48. The Hall–Kier alpha value is -2.28. The Balaban J connectivity index is 1.88. The van der Waals surface area contributed by atoms with E-state index in [4.69, 9.17) is 9.47 Å². The van der Waals surface area contributed by atoms with E-state index >= 15 is 0 Å². The molecular formula is C16H17BrN2O4. The molecule has 0 fully saturated rings. The third-order valence-electron chi connectivity index (χ3n) is 3.18. The Labute approximate surface area is 142 Å². The van der Waals surface area contributed by atoms with Gasteiger partial charge in [0.15, 0.2) is 6.61 Å². The van der Waals surface area contributed by atoms with Gasteiger partial charge >= 0.3 is 5.97 Å². The van der Waals surface area contributed by atoms with E-state index in [2.05, 4.69) is 26.2 Å². The zero-order chi connectivity index (χ0) is 16.8. The first kappa shape index (κ1) is 17.1. The maximum absolute atomic E-state index is 11.9. The third kappa shape index (κ3) is 4.59. The second-order valence-electron chi connectivity index (χ2n) is 4.84. The van der Waals surface area contributed by atoms with Crippen LogP contribution in [-0.2, 0) is 9.53 Å². The lowest BCUT2D eigenvalue weighted by Crippen LogP contribution is -2.31. The van der Waals surface area contributed by atoms with Crippen molar-refractivity contribution in [1.29, 1.82) is 0 Å². The van der Waals surface area contributed by atoms with E-state index in [1.807, 2.05) is 31.2 Å². The van der Waals surface area contributed by atoms with Crippen LogP contribution in [0.2, 0.25) is 0 Å². The number of H-pyrrole nitrogens is 1. The van der Waals surface area contributed by atoms with Crippen LogP contribution in [0.25, 0.3) is 0 Å². The first-order chi connectivity index (χ1) is 11.0. The number of rotatable bonds is 6. The van der Waals surface area contributed by atoms with E-state index in [1.54, 1.807) is 19.4 Å². The average molecular weight is 381 g/mol. The monoisotopic (exact) mass is 380 g/mol. The van der Waals surface area contributed by atoms with Gasteiger partial charge in [0.2, 0.25) is 0 Å². The summed E-state index contributed by atoms with van der Waals surface area (Å²) in [4.78, 5) is 26.4. The average Bonchev–Trinajstić information content (AvgIpc) is 2.99. The van der Waals surface area contributed by atoms with E-state index in [0.29, 0.717) is 5.75 Å². The van der Waals surface area contributed by atoms with Crippen molar-refractivity contribution in [3.63, 3.8) is 0 Å². The highest BCUT2D eigenvalue weighted by molar-refractivity contribution is 9.10. The van der Waals surface area contributed by atoms with E-state index in [0.717, 1.165) is 10.0 Å². The number of aromatic amines is 1. The summed E-state index contributed by atoms with van der Waals surface area (Å²) in [7, 11) is 1.57. The standard InChI is InChI=1S/C16H17BrN2O4/c1-10(12-5-3-4-6-14(12)22-2)19-15(20)9-23-16(21)13-7-11(17)8-18-13/h3-8,10,18H,9H2,1-2H3,(H,19,20). The highest BCUT2D eigenvalue weighted by atomic mass is 79.9.